The van der Waals surface area contributed by atoms with Crippen LogP contribution in [0.4, 0.5) is 5.69 Å². The van der Waals surface area contributed by atoms with Gasteiger partial charge in [-0.3, -0.25) is 4.98 Å². The zero-order valence-corrected chi connectivity index (χ0v) is 8.44. The van der Waals surface area contributed by atoms with Gasteiger partial charge in [0.2, 0.25) is 0 Å². The average Bonchev–Trinajstić information content (AvgIpc) is 2.30. The normalized spacial score (nSPS) is 16.4. The summed E-state index contributed by atoms with van der Waals surface area (Å²) in [5, 5.41) is 9.02. The molecule has 15 heavy (non-hydrogen) atoms. The van der Waals surface area contributed by atoms with Crippen LogP contribution in [-0.2, 0) is 0 Å². The third kappa shape index (κ3) is 2.09. The van der Waals surface area contributed by atoms with Gasteiger partial charge < -0.3 is 10.0 Å². The zero-order chi connectivity index (χ0) is 10.7. The van der Waals surface area contributed by atoms with Crippen LogP contribution in [0.1, 0.15) is 29.6 Å². The molecule has 1 radical (unpaired) electrons. The van der Waals surface area contributed by atoms with E-state index < -0.39 is 5.97 Å². The molecule has 1 aromatic heterocycles. The number of aromatic nitrogens is 1. The molecule has 1 aromatic rings. The number of nitrogens with zero attached hydrogens (tertiary/aromatic N) is 2. The first-order valence-electron chi connectivity index (χ1n) is 5.14. The van der Waals surface area contributed by atoms with E-state index in [-0.39, 0.29) is 0 Å². The number of aromatic carboxylic acids is 1. The maximum absolute atomic E-state index is 11.0. The molecule has 4 heteroatoms. The van der Waals surface area contributed by atoms with Crippen molar-refractivity contribution in [3.05, 3.63) is 24.0 Å². The van der Waals surface area contributed by atoms with Gasteiger partial charge in [0, 0.05) is 19.3 Å². The van der Waals surface area contributed by atoms with Crippen LogP contribution in [0.2, 0.25) is 0 Å². The van der Waals surface area contributed by atoms with E-state index in [1.165, 1.54) is 18.7 Å². The zero-order valence-electron chi connectivity index (χ0n) is 8.44. The van der Waals surface area contributed by atoms with Gasteiger partial charge in [0.1, 0.15) is 6.20 Å². The lowest BCUT2D eigenvalue weighted by molar-refractivity contribution is 0.0697. The molecule has 0 unspecified atom stereocenters. The molecule has 1 saturated heterocycles. The summed E-state index contributed by atoms with van der Waals surface area (Å²) in [5.41, 5.74) is 0.927. The standard InChI is InChI=1S/C11H13N2O2/c14-11(15)9-4-5-12-8-10(9)13-6-2-1-3-7-13/h4-5H,1-3,6-7H2,(H,14,15). The van der Waals surface area contributed by atoms with E-state index in [1.807, 2.05) is 0 Å². The van der Waals surface area contributed by atoms with Crippen LogP contribution < -0.4 is 4.90 Å². The van der Waals surface area contributed by atoms with Gasteiger partial charge in [0.05, 0.1) is 11.3 Å². The van der Waals surface area contributed by atoms with Crippen LogP contribution in [-0.4, -0.2) is 29.1 Å². The van der Waals surface area contributed by atoms with Crippen LogP contribution in [0.25, 0.3) is 0 Å². The summed E-state index contributed by atoms with van der Waals surface area (Å²) in [4.78, 5) is 16.9. The van der Waals surface area contributed by atoms with E-state index >= 15 is 0 Å². The number of carboxylic acid groups (broad SMARTS) is 1. The van der Waals surface area contributed by atoms with E-state index in [0.29, 0.717) is 11.3 Å². The molecule has 1 aliphatic rings. The molecule has 4 nitrogen and oxygen atoms in total. The number of hydrogen-bond donors (Lipinski definition) is 1. The largest absolute Gasteiger partial charge is 0.478 e. The molecule has 2 rings (SSSR count). The van der Waals surface area contributed by atoms with Gasteiger partial charge in [-0.1, -0.05) is 0 Å². The number of carboxylic acids is 1. The number of pyridine rings is 1. The Hall–Kier alpha value is -1.58. The van der Waals surface area contributed by atoms with Crippen LogP contribution in [0, 0.1) is 6.20 Å². The van der Waals surface area contributed by atoms with Crippen molar-refractivity contribution >= 4 is 11.7 Å². The number of hydrogen-bond acceptors (Lipinski definition) is 3. The van der Waals surface area contributed by atoms with Crippen molar-refractivity contribution in [2.75, 3.05) is 18.0 Å². The minimum atomic E-state index is -0.908. The average molecular weight is 205 g/mol. The lowest BCUT2D eigenvalue weighted by Crippen LogP contribution is -2.31. The lowest BCUT2D eigenvalue weighted by atomic mass is 10.1. The molecule has 1 N–H and O–H groups in total. The monoisotopic (exact) mass is 205 g/mol. The fourth-order valence-electron chi connectivity index (χ4n) is 1.88. The molecular weight excluding hydrogens is 192 g/mol. The molecule has 79 valence electrons. The summed E-state index contributed by atoms with van der Waals surface area (Å²) in [6.07, 6.45) is 7.70. The quantitative estimate of drug-likeness (QED) is 0.796. The summed E-state index contributed by atoms with van der Waals surface area (Å²) in [6, 6.07) is 1.53. The highest BCUT2D eigenvalue weighted by Gasteiger charge is 2.18. The first-order chi connectivity index (χ1) is 7.29. The van der Waals surface area contributed by atoms with Crippen molar-refractivity contribution in [3.8, 4) is 0 Å². The highest BCUT2D eigenvalue weighted by atomic mass is 16.4. The third-order valence-corrected chi connectivity index (χ3v) is 2.64. The molecule has 0 bridgehead atoms. The Kier molecular flexibility index (Phi) is 2.85. The van der Waals surface area contributed by atoms with Crippen LogP contribution in [0.5, 0.6) is 0 Å². The van der Waals surface area contributed by atoms with E-state index in [9.17, 15) is 4.79 Å². The van der Waals surface area contributed by atoms with E-state index in [0.717, 1.165) is 25.9 Å². The Morgan fingerprint density at radius 1 is 1.40 bits per heavy atom. The number of rotatable bonds is 2. The predicted molar refractivity (Wildman–Crippen MR) is 56.1 cm³/mol. The maximum atomic E-state index is 11.0. The van der Waals surface area contributed by atoms with Gasteiger partial charge in [-0.2, -0.15) is 0 Å². The second-order valence-electron chi connectivity index (χ2n) is 3.67. The Morgan fingerprint density at radius 3 is 2.80 bits per heavy atom. The number of anilines is 1. The summed E-state index contributed by atoms with van der Waals surface area (Å²) in [6.45, 7) is 1.81. The van der Waals surface area contributed by atoms with Crippen molar-refractivity contribution in [3.63, 3.8) is 0 Å². The molecule has 0 amide bonds. The fraction of sp³-hybridized carbons (Fsp3) is 0.455. The van der Waals surface area contributed by atoms with Gasteiger partial charge in [-0.25, -0.2) is 4.79 Å². The topological polar surface area (TPSA) is 53.4 Å². The SMILES string of the molecule is O=C(O)c1ccn[c]c1N1CCCCC1. The first kappa shape index (κ1) is 9.96. The maximum Gasteiger partial charge on any atom is 0.337 e. The van der Waals surface area contributed by atoms with Crippen molar-refractivity contribution in [2.45, 2.75) is 19.3 Å². The van der Waals surface area contributed by atoms with Crippen molar-refractivity contribution < 1.29 is 9.90 Å². The van der Waals surface area contributed by atoms with Crippen LogP contribution >= 0.6 is 0 Å². The second kappa shape index (κ2) is 4.29. The third-order valence-electron chi connectivity index (χ3n) is 2.64. The highest BCUT2D eigenvalue weighted by molar-refractivity contribution is 5.94. The van der Waals surface area contributed by atoms with Gasteiger partial charge in [0.25, 0.3) is 0 Å². The first-order valence-corrected chi connectivity index (χ1v) is 5.14. The molecule has 0 aliphatic carbocycles. The van der Waals surface area contributed by atoms with Crippen LogP contribution in [0.15, 0.2) is 12.3 Å². The van der Waals surface area contributed by atoms with Gasteiger partial charge in [-0.05, 0) is 25.3 Å². The number of carbonyl (C=O) groups is 1. The molecule has 0 saturated carbocycles. The molecule has 0 spiro atoms. The van der Waals surface area contributed by atoms with Gasteiger partial charge >= 0.3 is 5.97 Å². The predicted octanol–water partition coefficient (Wildman–Crippen LogP) is 1.57. The van der Waals surface area contributed by atoms with Crippen molar-refractivity contribution in [2.24, 2.45) is 0 Å². The molecule has 2 heterocycles. The molecular formula is C11H13N2O2. The van der Waals surface area contributed by atoms with Gasteiger partial charge in [-0.15, -0.1) is 0 Å². The summed E-state index contributed by atoms with van der Waals surface area (Å²) in [7, 11) is 0. The Bertz CT molecular complexity index is 359. The highest BCUT2D eigenvalue weighted by Crippen LogP contribution is 2.22. The number of piperidine rings is 1. The molecule has 0 atom stereocenters. The minimum absolute atomic E-state index is 0.298. The molecule has 1 aliphatic heterocycles. The second-order valence-corrected chi connectivity index (χ2v) is 3.67. The fourth-order valence-corrected chi connectivity index (χ4v) is 1.88. The Morgan fingerprint density at radius 2 is 2.13 bits per heavy atom. The van der Waals surface area contributed by atoms with Gasteiger partial charge in [0.15, 0.2) is 0 Å². The van der Waals surface area contributed by atoms with E-state index in [1.54, 1.807) is 0 Å². The van der Waals surface area contributed by atoms with E-state index in [2.05, 4.69) is 16.1 Å². The van der Waals surface area contributed by atoms with E-state index in [4.69, 9.17) is 5.11 Å². The Balaban J connectivity index is 2.29. The molecule has 0 aromatic carbocycles. The van der Waals surface area contributed by atoms with Crippen molar-refractivity contribution in [1.29, 1.82) is 0 Å². The molecule has 1 fully saturated rings. The van der Waals surface area contributed by atoms with Crippen LogP contribution in [0.3, 0.4) is 0 Å². The smallest absolute Gasteiger partial charge is 0.337 e. The minimum Gasteiger partial charge on any atom is -0.478 e. The lowest BCUT2D eigenvalue weighted by Gasteiger charge is -2.29. The summed E-state index contributed by atoms with van der Waals surface area (Å²) >= 11 is 0. The summed E-state index contributed by atoms with van der Waals surface area (Å²) < 4.78 is 0. The Labute approximate surface area is 88.6 Å². The summed E-state index contributed by atoms with van der Waals surface area (Å²) in [5.74, 6) is -0.908. The van der Waals surface area contributed by atoms with Crippen molar-refractivity contribution in [1.82, 2.24) is 4.98 Å².